The van der Waals surface area contributed by atoms with Gasteiger partial charge in [0.1, 0.15) is 5.41 Å². The molecule has 2 heterocycles. The fraction of sp³-hybridized carbons (Fsp3) is 0.769. The van der Waals surface area contributed by atoms with E-state index in [1.807, 2.05) is 4.90 Å². The van der Waals surface area contributed by atoms with E-state index < -0.39 is 5.41 Å². The summed E-state index contributed by atoms with van der Waals surface area (Å²) in [7, 11) is 0. The van der Waals surface area contributed by atoms with Gasteiger partial charge in [-0.2, -0.15) is 0 Å². The molecular formula is C13H20N4O3. The molecule has 3 aliphatic rings. The fourth-order valence-electron chi connectivity index (χ4n) is 3.40. The Bertz CT molecular complexity index is 472. The maximum absolute atomic E-state index is 12.6. The zero-order valence-electron chi connectivity index (χ0n) is 11.3. The van der Waals surface area contributed by atoms with E-state index in [4.69, 9.17) is 10.9 Å². The molecule has 7 nitrogen and oxygen atoms in total. The fourth-order valence-corrected chi connectivity index (χ4v) is 3.40. The van der Waals surface area contributed by atoms with Crippen molar-refractivity contribution in [3.05, 3.63) is 0 Å². The third kappa shape index (κ3) is 2.01. The van der Waals surface area contributed by atoms with E-state index >= 15 is 0 Å². The minimum Gasteiger partial charge on any atom is -0.409 e. The molecule has 2 amide bonds. The van der Waals surface area contributed by atoms with E-state index in [1.54, 1.807) is 0 Å². The van der Waals surface area contributed by atoms with E-state index in [-0.39, 0.29) is 23.7 Å². The van der Waals surface area contributed by atoms with Gasteiger partial charge in [0.05, 0.1) is 0 Å². The molecule has 2 saturated heterocycles. The quantitative estimate of drug-likeness (QED) is 0.278. The Kier molecular flexibility index (Phi) is 3.07. The monoisotopic (exact) mass is 280 g/mol. The van der Waals surface area contributed by atoms with Gasteiger partial charge in [-0.05, 0) is 31.6 Å². The number of rotatable bonds is 2. The van der Waals surface area contributed by atoms with Gasteiger partial charge in [0.25, 0.3) is 0 Å². The molecule has 3 rings (SSSR count). The van der Waals surface area contributed by atoms with Crippen molar-refractivity contribution in [3.8, 4) is 0 Å². The molecule has 0 aromatic carbocycles. The minimum absolute atomic E-state index is 0.0249. The van der Waals surface area contributed by atoms with Gasteiger partial charge < -0.3 is 21.2 Å². The zero-order chi connectivity index (χ0) is 14.3. The lowest BCUT2D eigenvalue weighted by Crippen LogP contribution is -2.57. The average Bonchev–Trinajstić information content (AvgIpc) is 3.26. The molecule has 0 bridgehead atoms. The number of nitrogens with two attached hydrogens (primary N) is 1. The summed E-state index contributed by atoms with van der Waals surface area (Å²) >= 11 is 0. The van der Waals surface area contributed by atoms with E-state index in [0.717, 1.165) is 12.8 Å². The number of hydrogen-bond acceptors (Lipinski definition) is 4. The molecule has 2 atom stereocenters. The number of hydrogen-bond donors (Lipinski definition) is 3. The largest absolute Gasteiger partial charge is 0.409 e. The van der Waals surface area contributed by atoms with Crippen LogP contribution in [0.3, 0.4) is 0 Å². The molecule has 1 aliphatic carbocycles. The molecule has 0 aromatic rings. The molecule has 3 fully saturated rings. The van der Waals surface area contributed by atoms with E-state index in [1.165, 1.54) is 0 Å². The summed E-state index contributed by atoms with van der Waals surface area (Å²) in [6, 6.07) is 0.194. The molecule has 2 unspecified atom stereocenters. The van der Waals surface area contributed by atoms with Crippen molar-refractivity contribution >= 4 is 17.6 Å². The van der Waals surface area contributed by atoms with Crippen LogP contribution in [0.4, 0.5) is 0 Å². The molecule has 0 spiro atoms. The van der Waals surface area contributed by atoms with Crippen LogP contribution in [0.1, 0.15) is 32.1 Å². The van der Waals surface area contributed by atoms with Crippen LogP contribution in [0.2, 0.25) is 0 Å². The first-order valence-corrected chi connectivity index (χ1v) is 7.13. The lowest BCUT2D eigenvalue weighted by molar-refractivity contribution is -0.138. The standard InChI is InChI=1S/C13H20N4O3/c14-11(16-20)13(4-5-13)12(19)17-6-3-9-8(7-17)1-2-10(18)15-9/h8-9,20H,1-7H2,(H2,14,16)(H,15,18). The van der Waals surface area contributed by atoms with Crippen molar-refractivity contribution in [2.75, 3.05) is 13.1 Å². The maximum atomic E-state index is 12.6. The highest BCUT2D eigenvalue weighted by Crippen LogP contribution is 2.48. The average molecular weight is 280 g/mol. The van der Waals surface area contributed by atoms with Crippen LogP contribution in [0.15, 0.2) is 5.16 Å². The Labute approximate surface area is 117 Å². The smallest absolute Gasteiger partial charge is 0.236 e. The number of likely N-dealkylation sites (tertiary alicyclic amines) is 1. The molecule has 0 aromatic heterocycles. The third-order valence-corrected chi connectivity index (χ3v) is 4.87. The molecule has 1 saturated carbocycles. The molecular weight excluding hydrogens is 260 g/mol. The number of nitrogens with one attached hydrogen (secondary N) is 1. The van der Waals surface area contributed by atoms with Gasteiger partial charge in [-0.25, -0.2) is 0 Å². The van der Waals surface area contributed by atoms with Gasteiger partial charge in [0.2, 0.25) is 11.8 Å². The second kappa shape index (κ2) is 4.64. The number of fused-ring (bicyclic) bond motifs is 1. The predicted octanol–water partition coefficient (Wildman–Crippen LogP) is -0.360. The van der Waals surface area contributed by atoms with Crippen LogP contribution in [-0.2, 0) is 9.59 Å². The minimum atomic E-state index is -0.764. The molecule has 110 valence electrons. The molecule has 7 heteroatoms. The summed E-state index contributed by atoms with van der Waals surface area (Å²) in [6.07, 6.45) is 3.46. The number of amidine groups is 1. The van der Waals surface area contributed by atoms with Crippen LogP contribution in [0.25, 0.3) is 0 Å². The van der Waals surface area contributed by atoms with Gasteiger partial charge in [-0.3, -0.25) is 9.59 Å². The Morgan fingerprint density at radius 1 is 1.45 bits per heavy atom. The Balaban J connectivity index is 1.68. The van der Waals surface area contributed by atoms with Crippen LogP contribution in [-0.4, -0.2) is 46.9 Å². The highest BCUT2D eigenvalue weighted by atomic mass is 16.4. The second-order valence-electron chi connectivity index (χ2n) is 6.08. The van der Waals surface area contributed by atoms with Crippen molar-refractivity contribution in [1.82, 2.24) is 10.2 Å². The van der Waals surface area contributed by atoms with Crippen LogP contribution in [0, 0.1) is 11.3 Å². The lowest BCUT2D eigenvalue weighted by Gasteiger charge is -2.42. The summed E-state index contributed by atoms with van der Waals surface area (Å²) in [6.45, 7) is 1.28. The van der Waals surface area contributed by atoms with Gasteiger partial charge >= 0.3 is 0 Å². The number of carbonyl (C=O) groups is 2. The van der Waals surface area contributed by atoms with Crippen LogP contribution in [0.5, 0.6) is 0 Å². The first-order chi connectivity index (χ1) is 9.56. The van der Waals surface area contributed by atoms with Crippen molar-refractivity contribution in [2.45, 2.75) is 38.1 Å². The van der Waals surface area contributed by atoms with E-state index in [2.05, 4.69) is 10.5 Å². The summed E-state index contributed by atoms with van der Waals surface area (Å²) in [5, 5.41) is 14.8. The van der Waals surface area contributed by atoms with Gasteiger partial charge in [0.15, 0.2) is 5.84 Å². The maximum Gasteiger partial charge on any atom is 0.236 e. The Morgan fingerprint density at radius 3 is 2.85 bits per heavy atom. The highest BCUT2D eigenvalue weighted by molar-refractivity contribution is 6.09. The lowest BCUT2D eigenvalue weighted by atomic mass is 9.84. The van der Waals surface area contributed by atoms with Crippen molar-refractivity contribution in [2.24, 2.45) is 22.2 Å². The molecule has 0 radical (unpaired) electrons. The SMILES string of the molecule is NC(=NO)C1(C(=O)N2CCC3NC(=O)CCC3C2)CC1. The number of oxime groups is 1. The summed E-state index contributed by atoms with van der Waals surface area (Å²) < 4.78 is 0. The molecule has 4 N–H and O–H groups in total. The van der Waals surface area contributed by atoms with Gasteiger partial charge in [-0.1, -0.05) is 5.16 Å². The Morgan fingerprint density at radius 2 is 2.20 bits per heavy atom. The van der Waals surface area contributed by atoms with Gasteiger partial charge in [0, 0.05) is 25.6 Å². The number of nitrogens with zero attached hydrogens (tertiary/aromatic N) is 2. The van der Waals surface area contributed by atoms with Crippen LogP contribution < -0.4 is 11.1 Å². The van der Waals surface area contributed by atoms with E-state index in [0.29, 0.717) is 38.3 Å². The topological polar surface area (TPSA) is 108 Å². The summed E-state index contributed by atoms with van der Waals surface area (Å²) in [4.78, 5) is 25.8. The zero-order valence-corrected chi connectivity index (χ0v) is 11.3. The molecule has 20 heavy (non-hydrogen) atoms. The van der Waals surface area contributed by atoms with Crippen LogP contribution >= 0.6 is 0 Å². The number of amides is 2. The van der Waals surface area contributed by atoms with E-state index in [9.17, 15) is 9.59 Å². The summed E-state index contributed by atoms with van der Waals surface area (Å²) in [5.74, 6) is 0.444. The first-order valence-electron chi connectivity index (χ1n) is 7.13. The predicted molar refractivity (Wildman–Crippen MR) is 70.9 cm³/mol. The number of carbonyl (C=O) groups excluding carboxylic acids is 2. The number of piperidine rings is 2. The highest BCUT2D eigenvalue weighted by Gasteiger charge is 2.56. The van der Waals surface area contributed by atoms with Crippen molar-refractivity contribution in [1.29, 1.82) is 0 Å². The van der Waals surface area contributed by atoms with Crippen molar-refractivity contribution in [3.63, 3.8) is 0 Å². The normalized spacial score (nSPS) is 32.3. The second-order valence-corrected chi connectivity index (χ2v) is 6.08. The van der Waals surface area contributed by atoms with Crippen molar-refractivity contribution < 1.29 is 14.8 Å². The first kappa shape index (κ1) is 13.2. The Hall–Kier alpha value is -1.79. The molecule has 2 aliphatic heterocycles. The van der Waals surface area contributed by atoms with Gasteiger partial charge in [-0.15, -0.1) is 0 Å². The third-order valence-electron chi connectivity index (χ3n) is 4.87. The summed E-state index contributed by atoms with van der Waals surface area (Å²) in [5.41, 5.74) is 4.90.